The van der Waals surface area contributed by atoms with Crippen LogP contribution >= 0.6 is 0 Å². The molecule has 0 aliphatic rings. The number of hydrogen-bond donors (Lipinski definition) is 8. The normalized spacial score (nSPS) is 14.1. The smallest absolute Gasteiger partial charge is 0.326 e. The van der Waals surface area contributed by atoms with Gasteiger partial charge in [-0.3, -0.25) is 24.0 Å². The highest BCUT2D eigenvalue weighted by atomic mass is 16.4. The number of hydrogen-bond acceptors (Lipinski definition) is 8. The fraction of sp³-hybridized carbons (Fsp3) is 0.478. The molecule has 0 radical (unpaired) electrons. The van der Waals surface area contributed by atoms with Crippen LogP contribution in [0.5, 0.6) is 5.75 Å². The standard InChI is InChI=1S/C23H33N5O9/c1-11(2)19(22(35)27-16(23(36)37)10-17(25)30)28-21(34)15(9-12-3-5-13(29)6-4-12)26-20(33)14(24)7-8-18(31)32/h3-6,11,14-16,19,29H,7-10,24H2,1-2H3,(H2,25,30)(H,26,33)(H,27,35)(H,28,34)(H,31,32)(H,36,37)/t14-,15-,16-,19-/m0/s1. The monoisotopic (exact) mass is 523 g/mol. The predicted octanol–water partition coefficient (Wildman–Crippen LogP) is -1.80. The van der Waals surface area contributed by atoms with Crippen molar-refractivity contribution in [2.24, 2.45) is 17.4 Å². The van der Waals surface area contributed by atoms with Crippen LogP contribution in [0.3, 0.4) is 0 Å². The number of phenolic OH excluding ortho intramolecular Hbond substituents is 1. The summed E-state index contributed by atoms with van der Waals surface area (Å²) in [5.74, 6) is -6.63. The molecule has 1 aromatic rings. The molecule has 4 atom stereocenters. The Kier molecular flexibility index (Phi) is 12.0. The number of benzene rings is 1. The fourth-order valence-electron chi connectivity index (χ4n) is 3.22. The highest BCUT2D eigenvalue weighted by molar-refractivity contribution is 5.95. The molecule has 0 saturated heterocycles. The lowest BCUT2D eigenvalue weighted by Gasteiger charge is -2.27. The largest absolute Gasteiger partial charge is 0.508 e. The molecule has 1 rings (SSSR count). The molecule has 0 saturated carbocycles. The van der Waals surface area contributed by atoms with E-state index in [1.54, 1.807) is 13.8 Å². The van der Waals surface area contributed by atoms with Crippen molar-refractivity contribution in [2.75, 3.05) is 0 Å². The highest BCUT2D eigenvalue weighted by Gasteiger charge is 2.32. The first-order valence-electron chi connectivity index (χ1n) is 11.4. The Morgan fingerprint density at radius 3 is 1.92 bits per heavy atom. The fourth-order valence-corrected chi connectivity index (χ4v) is 3.22. The zero-order valence-electron chi connectivity index (χ0n) is 20.5. The van der Waals surface area contributed by atoms with Gasteiger partial charge >= 0.3 is 11.9 Å². The maximum atomic E-state index is 13.2. The molecule has 0 fully saturated rings. The van der Waals surface area contributed by atoms with E-state index in [-0.39, 0.29) is 25.0 Å². The maximum absolute atomic E-state index is 13.2. The number of aliphatic carboxylic acids is 2. The van der Waals surface area contributed by atoms with Crippen molar-refractivity contribution >= 4 is 35.6 Å². The lowest BCUT2D eigenvalue weighted by molar-refractivity contribution is -0.144. The summed E-state index contributed by atoms with van der Waals surface area (Å²) in [7, 11) is 0. The molecule has 0 aliphatic carbocycles. The van der Waals surface area contributed by atoms with Gasteiger partial charge in [-0.25, -0.2) is 4.79 Å². The van der Waals surface area contributed by atoms with Crippen molar-refractivity contribution in [3.8, 4) is 5.75 Å². The van der Waals surface area contributed by atoms with E-state index in [2.05, 4.69) is 16.0 Å². The lowest BCUT2D eigenvalue weighted by atomic mass is 10.00. The molecule has 0 spiro atoms. The summed E-state index contributed by atoms with van der Waals surface area (Å²) in [5, 5.41) is 34.7. The van der Waals surface area contributed by atoms with E-state index in [1.807, 2.05) is 0 Å². The van der Waals surface area contributed by atoms with Crippen molar-refractivity contribution in [3.63, 3.8) is 0 Å². The zero-order valence-corrected chi connectivity index (χ0v) is 20.5. The topological polar surface area (TPSA) is 251 Å². The molecule has 0 aromatic heterocycles. The first-order valence-corrected chi connectivity index (χ1v) is 11.4. The van der Waals surface area contributed by atoms with Crippen molar-refractivity contribution in [3.05, 3.63) is 29.8 Å². The number of phenols is 1. The summed E-state index contributed by atoms with van der Waals surface area (Å²) in [6, 6.07) is 0.438. The number of carboxylic acids is 2. The molecule has 1 aromatic carbocycles. The Morgan fingerprint density at radius 2 is 1.43 bits per heavy atom. The predicted molar refractivity (Wildman–Crippen MR) is 129 cm³/mol. The Bertz CT molecular complexity index is 997. The quantitative estimate of drug-likeness (QED) is 0.128. The van der Waals surface area contributed by atoms with Crippen LogP contribution in [0.15, 0.2) is 24.3 Å². The van der Waals surface area contributed by atoms with Gasteiger partial charge in [0.05, 0.1) is 12.5 Å². The van der Waals surface area contributed by atoms with Gasteiger partial charge in [0, 0.05) is 12.8 Å². The van der Waals surface area contributed by atoms with Gasteiger partial charge in [-0.15, -0.1) is 0 Å². The van der Waals surface area contributed by atoms with Crippen molar-refractivity contribution in [1.29, 1.82) is 0 Å². The number of rotatable bonds is 15. The van der Waals surface area contributed by atoms with Crippen LogP contribution < -0.4 is 27.4 Å². The minimum absolute atomic E-state index is 0.0232. The molecule has 14 heteroatoms. The Balaban J connectivity index is 3.10. The van der Waals surface area contributed by atoms with Crippen LogP contribution in [-0.4, -0.2) is 75.1 Å². The van der Waals surface area contributed by atoms with E-state index in [0.717, 1.165) is 0 Å². The SMILES string of the molecule is CC(C)[C@H](NC(=O)[C@H](Cc1ccc(O)cc1)NC(=O)[C@@H](N)CCC(=O)O)C(=O)N[C@@H](CC(N)=O)C(=O)O. The molecule has 37 heavy (non-hydrogen) atoms. The summed E-state index contributed by atoms with van der Waals surface area (Å²) in [6.07, 6.45) is -1.28. The third-order valence-corrected chi connectivity index (χ3v) is 5.28. The number of carboxylic acid groups (broad SMARTS) is 2. The van der Waals surface area contributed by atoms with Crippen LogP contribution in [0.1, 0.15) is 38.7 Å². The van der Waals surface area contributed by atoms with Gasteiger partial charge in [0.15, 0.2) is 0 Å². The average Bonchev–Trinajstić information content (AvgIpc) is 2.80. The third kappa shape index (κ3) is 10.9. The first-order chi connectivity index (χ1) is 17.2. The maximum Gasteiger partial charge on any atom is 0.326 e. The second-order valence-electron chi connectivity index (χ2n) is 8.77. The third-order valence-electron chi connectivity index (χ3n) is 5.28. The lowest BCUT2D eigenvalue weighted by Crippen LogP contribution is -2.59. The van der Waals surface area contributed by atoms with Crippen molar-refractivity contribution in [1.82, 2.24) is 16.0 Å². The molecular formula is C23H33N5O9. The van der Waals surface area contributed by atoms with Gasteiger partial charge in [-0.1, -0.05) is 26.0 Å². The number of nitrogens with two attached hydrogens (primary N) is 2. The van der Waals surface area contributed by atoms with Crippen LogP contribution in [0, 0.1) is 5.92 Å². The molecule has 10 N–H and O–H groups in total. The van der Waals surface area contributed by atoms with Gasteiger partial charge in [0.2, 0.25) is 23.6 Å². The minimum Gasteiger partial charge on any atom is -0.508 e. The summed E-state index contributed by atoms with van der Waals surface area (Å²) in [4.78, 5) is 71.8. The van der Waals surface area contributed by atoms with E-state index in [4.69, 9.17) is 16.6 Å². The van der Waals surface area contributed by atoms with Crippen LogP contribution in [0.4, 0.5) is 0 Å². The second kappa shape index (κ2) is 14.4. The molecule has 0 unspecified atom stereocenters. The average molecular weight is 524 g/mol. The van der Waals surface area contributed by atoms with Crippen molar-refractivity contribution < 1.29 is 44.1 Å². The highest BCUT2D eigenvalue weighted by Crippen LogP contribution is 2.13. The molecule has 4 amide bonds. The van der Waals surface area contributed by atoms with Gasteiger partial charge in [-0.2, -0.15) is 0 Å². The van der Waals surface area contributed by atoms with E-state index in [9.17, 15) is 39.0 Å². The number of carbonyl (C=O) groups excluding carboxylic acids is 4. The molecule has 204 valence electrons. The minimum atomic E-state index is -1.61. The molecular weight excluding hydrogens is 490 g/mol. The van der Waals surface area contributed by atoms with Crippen LogP contribution in [-0.2, 0) is 35.2 Å². The van der Waals surface area contributed by atoms with Gasteiger partial charge in [-0.05, 0) is 30.0 Å². The molecule has 0 bridgehead atoms. The summed E-state index contributed by atoms with van der Waals surface area (Å²) in [6.45, 7) is 3.17. The number of primary amides is 1. The number of amides is 4. The van der Waals surface area contributed by atoms with Gasteiger partial charge < -0.3 is 42.7 Å². The van der Waals surface area contributed by atoms with E-state index >= 15 is 0 Å². The molecule has 14 nitrogen and oxygen atoms in total. The number of nitrogens with one attached hydrogen (secondary N) is 3. The van der Waals surface area contributed by atoms with E-state index in [0.29, 0.717) is 5.56 Å². The molecule has 0 aliphatic heterocycles. The van der Waals surface area contributed by atoms with Gasteiger partial charge in [0.25, 0.3) is 0 Å². The van der Waals surface area contributed by atoms with Crippen molar-refractivity contribution in [2.45, 2.75) is 63.7 Å². The summed E-state index contributed by atoms with van der Waals surface area (Å²) in [5.41, 5.74) is 11.3. The second-order valence-corrected chi connectivity index (χ2v) is 8.77. The Hall–Kier alpha value is -4.20. The summed E-state index contributed by atoms with van der Waals surface area (Å²) >= 11 is 0. The summed E-state index contributed by atoms with van der Waals surface area (Å²) < 4.78 is 0. The molecule has 0 heterocycles. The first kappa shape index (κ1) is 30.8. The van der Waals surface area contributed by atoms with E-state index < -0.39 is 72.1 Å². The zero-order chi connectivity index (χ0) is 28.3. The van der Waals surface area contributed by atoms with E-state index in [1.165, 1.54) is 24.3 Å². The van der Waals surface area contributed by atoms with Crippen LogP contribution in [0.25, 0.3) is 0 Å². The Labute approximate surface area is 212 Å². The number of aromatic hydroxyl groups is 1. The number of carbonyl (C=O) groups is 6. The van der Waals surface area contributed by atoms with Crippen LogP contribution in [0.2, 0.25) is 0 Å². The Morgan fingerprint density at radius 1 is 0.865 bits per heavy atom. The van der Waals surface area contributed by atoms with Gasteiger partial charge in [0.1, 0.15) is 23.9 Å².